The van der Waals surface area contributed by atoms with Crippen LogP contribution in [0.1, 0.15) is 5.56 Å². The predicted molar refractivity (Wildman–Crippen MR) is 82.0 cm³/mol. The van der Waals surface area contributed by atoms with Crippen LogP contribution in [0.5, 0.6) is 0 Å². The Morgan fingerprint density at radius 2 is 1.50 bits per heavy atom. The highest BCUT2D eigenvalue weighted by Gasteiger charge is 2.09. The van der Waals surface area contributed by atoms with Crippen molar-refractivity contribution in [2.45, 2.75) is 0 Å². The second-order valence-electron chi connectivity index (χ2n) is 4.62. The van der Waals surface area contributed by atoms with Gasteiger partial charge in [-0.15, -0.1) is 6.42 Å². The lowest BCUT2D eigenvalue weighted by atomic mass is 10.0. The van der Waals surface area contributed by atoms with Crippen molar-refractivity contribution in [1.29, 1.82) is 0 Å². The quantitative estimate of drug-likeness (QED) is 0.640. The summed E-state index contributed by atoms with van der Waals surface area (Å²) >= 11 is 0. The first kappa shape index (κ1) is 12.3. The minimum absolute atomic E-state index is 0.819. The molecule has 0 saturated carbocycles. The fourth-order valence-corrected chi connectivity index (χ4v) is 2.34. The molecule has 0 amide bonds. The molecule has 0 N–H and O–H groups in total. The lowest BCUT2D eigenvalue weighted by Gasteiger charge is -2.06. The van der Waals surface area contributed by atoms with Gasteiger partial charge < -0.3 is 0 Å². The van der Waals surface area contributed by atoms with Crippen LogP contribution < -0.4 is 0 Å². The fraction of sp³-hybridized carbons (Fsp3) is 0.0556. The normalized spacial score (nSPS) is 10.2. The summed E-state index contributed by atoms with van der Waals surface area (Å²) in [5, 5.41) is 4.22. The van der Waals surface area contributed by atoms with Crippen LogP contribution in [0.3, 0.4) is 0 Å². The Bertz CT molecular complexity index is 759. The molecular weight excluding hydrogens is 244 g/mol. The number of terminal acetylenes is 1. The molecule has 1 aromatic heterocycles. The van der Waals surface area contributed by atoms with Crippen molar-refractivity contribution in [3.05, 3.63) is 66.4 Å². The van der Waals surface area contributed by atoms with E-state index in [0.717, 1.165) is 16.8 Å². The molecule has 0 aliphatic heterocycles. The molecule has 0 fully saturated rings. The number of aryl methyl sites for hydroxylation is 1. The first-order chi connectivity index (χ1) is 9.79. The summed E-state index contributed by atoms with van der Waals surface area (Å²) < 4.78 is 1.81. The number of rotatable bonds is 2. The average molecular weight is 258 g/mol. The standard InChI is InChI=1S/C18H14N2/c1-3-14-13-19-20(2)18(14)17-11-9-16(10-12-17)15-7-5-4-6-8-15/h1,4-13H,2H3. The summed E-state index contributed by atoms with van der Waals surface area (Å²) in [5.74, 6) is 2.68. The Morgan fingerprint density at radius 3 is 2.15 bits per heavy atom. The third-order valence-corrected chi connectivity index (χ3v) is 3.36. The maximum absolute atomic E-state index is 5.52. The van der Waals surface area contributed by atoms with Gasteiger partial charge in [0.1, 0.15) is 0 Å². The largest absolute Gasteiger partial charge is 0.267 e. The monoisotopic (exact) mass is 258 g/mol. The van der Waals surface area contributed by atoms with Crippen molar-refractivity contribution < 1.29 is 0 Å². The molecule has 96 valence electrons. The van der Waals surface area contributed by atoms with Crippen molar-refractivity contribution in [3.63, 3.8) is 0 Å². The third kappa shape index (κ3) is 2.10. The minimum atomic E-state index is 0.819. The Labute approximate surface area is 118 Å². The highest BCUT2D eigenvalue weighted by atomic mass is 15.3. The van der Waals surface area contributed by atoms with Crippen LogP contribution >= 0.6 is 0 Å². The van der Waals surface area contributed by atoms with Gasteiger partial charge >= 0.3 is 0 Å². The van der Waals surface area contributed by atoms with Crippen LogP contribution in [-0.2, 0) is 7.05 Å². The van der Waals surface area contributed by atoms with E-state index in [4.69, 9.17) is 6.42 Å². The van der Waals surface area contributed by atoms with Crippen molar-refractivity contribution in [1.82, 2.24) is 9.78 Å². The molecule has 0 aliphatic carbocycles. The summed E-state index contributed by atoms with van der Waals surface area (Å²) in [5.41, 5.74) is 5.28. The van der Waals surface area contributed by atoms with Gasteiger partial charge in [0.2, 0.25) is 0 Å². The van der Waals surface area contributed by atoms with E-state index in [0.29, 0.717) is 0 Å². The zero-order chi connectivity index (χ0) is 13.9. The van der Waals surface area contributed by atoms with Crippen molar-refractivity contribution in [2.75, 3.05) is 0 Å². The molecule has 0 atom stereocenters. The molecule has 3 aromatic rings. The summed E-state index contributed by atoms with van der Waals surface area (Å²) in [6.45, 7) is 0. The van der Waals surface area contributed by atoms with Gasteiger partial charge in [0, 0.05) is 12.6 Å². The molecule has 0 saturated heterocycles. The van der Waals surface area contributed by atoms with E-state index in [-0.39, 0.29) is 0 Å². The number of hydrogen-bond donors (Lipinski definition) is 0. The van der Waals surface area contributed by atoms with Gasteiger partial charge in [-0.05, 0) is 11.1 Å². The van der Waals surface area contributed by atoms with E-state index in [9.17, 15) is 0 Å². The maximum atomic E-state index is 5.52. The Balaban J connectivity index is 2.02. The molecular formula is C18H14N2. The van der Waals surface area contributed by atoms with E-state index >= 15 is 0 Å². The van der Waals surface area contributed by atoms with E-state index < -0.39 is 0 Å². The van der Waals surface area contributed by atoms with Crippen molar-refractivity contribution >= 4 is 0 Å². The molecule has 2 heteroatoms. The number of aromatic nitrogens is 2. The van der Waals surface area contributed by atoms with Gasteiger partial charge in [-0.25, -0.2) is 0 Å². The minimum Gasteiger partial charge on any atom is -0.267 e. The van der Waals surface area contributed by atoms with Crippen LogP contribution in [0.2, 0.25) is 0 Å². The predicted octanol–water partition coefficient (Wildman–Crippen LogP) is 3.74. The van der Waals surface area contributed by atoms with Gasteiger partial charge in [-0.2, -0.15) is 5.10 Å². The van der Waals surface area contributed by atoms with Crippen LogP contribution in [0.4, 0.5) is 0 Å². The zero-order valence-electron chi connectivity index (χ0n) is 11.2. The Hall–Kier alpha value is -2.79. The van der Waals surface area contributed by atoms with Crippen molar-refractivity contribution in [2.24, 2.45) is 7.05 Å². The lowest BCUT2D eigenvalue weighted by molar-refractivity contribution is 0.776. The highest BCUT2D eigenvalue weighted by molar-refractivity contribution is 5.71. The van der Waals surface area contributed by atoms with E-state index in [2.05, 4.69) is 47.4 Å². The van der Waals surface area contributed by atoms with Gasteiger partial charge in [-0.3, -0.25) is 4.68 Å². The van der Waals surface area contributed by atoms with Gasteiger partial charge in [0.05, 0.1) is 17.5 Å². The summed E-state index contributed by atoms with van der Waals surface area (Å²) in [6, 6.07) is 18.7. The van der Waals surface area contributed by atoms with E-state index in [1.807, 2.05) is 29.9 Å². The average Bonchev–Trinajstić information content (AvgIpc) is 2.89. The van der Waals surface area contributed by atoms with Crippen LogP contribution in [0.25, 0.3) is 22.4 Å². The van der Waals surface area contributed by atoms with Gasteiger partial charge in [-0.1, -0.05) is 60.5 Å². The molecule has 1 heterocycles. The molecule has 0 spiro atoms. The molecule has 2 aromatic carbocycles. The van der Waals surface area contributed by atoms with E-state index in [1.54, 1.807) is 6.20 Å². The number of nitrogens with zero attached hydrogens (tertiary/aromatic N) is 2. The lowest BCUT2D eigenvalue weighted by Crippen LogP contribution is -1.94. The van der Waals surface area contributed by atoms with Crippen LogP contribution in [0, 0.1) is 12.3 Å². The molecule has 0 aliphatic rings. The zero-order valence-corrected chi connectivity index (χ0v) is 11.2. The molecule has 3 rings (SSSR count). The van der Waals surface area contributed by atoms with Crippen LogP contribution in [0.15, 0.2) is 60.8 Å². The second-order valence-corrected chi connectivity index (χ2v) is 4.62. The summed E-state index contributed by atoms with van der Waals surface area (Å²) in [7, 11) is 1.90. The highest BCUT2D eigenvalue weighted by Crippen LogP contribution is 2.26. The van der Waals surface area contributed by atoms with Crippen LogP contribution in [-0.4, -0.2) is 9.78 Å². The molecule has 0 radical (unpaired) electrons. The second kappa shape index (κ2) is 5.07. The third-order valence-electron chi connectivity index (χ3n) is 3.36. The molecule has 0 bridgehead atoms. The van der Waals surface area contributed by atoms with Gasteiger partial charge in [0.15, 0.2) is 0 Å². The first-order valence-electron chi connectivity index (χ1n) is 6.44. The van der Waals surface area contributed by atoms with E-state index in [1.165, 1.54) is 11.1 Å². The Kier molecular flexibility index (Phi) is 3.10. The molecule has 20 heavy (non-hydrogen) atoms. The summed E-state index contributed by atoms with van der Waals surface area (Å²) in [6.07, 6.45) is 7.24. The fourth-order valence-electron chi connectivity index (χ4n) is 2.34. The first-order valence-corrected chi connectivity index (χ1v) is 6.44. The SMILES string of the molecule is C#Cc1cnn(C)c1-c1ccc(-c2ccccc2)cc1. The molecule has 0 unspecified atom stereocenters. The maximum Gasteiger partial charge on any atom is 0.0835 e. The Morgan fingerprint density at radius 1 is 0.900 bits per heavy atom. The summed E-state index contributed by atoms with van der Waals surface area (Å²) in [4.78, 5) is 0. The van der Waals surface area contributed by atoms with Crippen molar-refractivity contribution in [3.8, 4) is 34.7 Å². The molecule has 2 nitrogen and oxygen atoms in total. The number of benzene rings is 2. The topological polar surface area (TPSA) is 17.8 Å². The smallest absolute Gasteiger partial charge is 0.0835 e. The number of hydrogen-bond acceptors (Lipinski definition) is 1. The van der Waals surface area contributed by atoms with Gasteiger partial charge in [0.25, 0.3) is 0 Å².